The fraction of sp³-hybridized carbons (Fsp3) is 0.294. The smallest absolute Gasteiger partial charge is 0.241 e. The van der Waals surface area contributed by atoms with Gasteiger partial charge in [-0.05, 0) is 35.2 Å². The van der Waals surface area contributed by atoms with E-state index in [-0.39, 0.29) is 16.1 Å². The molecule has 2 aromatic rings. The first-order chi connectivity index (χ1) is 11.1. The molecule has 0 radical (unpaired) electrons. The Morgan fingerprint density at radius 3 is 2.25 bits per heavy atom. The van der Waals surface area contributed by atoms with Crippen LogP contribution >= 0.6 is 11.6 Å². The van der Waals surface area contributed by atoms with E-state index in [1.54, 1.807) is 18.2 Å². The molecular weight excluding hydrogens is 348 g/mol. The van der Waals surface area contributed by atoms with Crippen LogP contribution < -0.4 is 5.32 Å². The Labute approximate surface area is 147 Å². The largest absolute Gasteiger partial charge is 0.310 e. The second kappa shape index (κ2) is 6.91. The van der Waals surface area contributed by atoms with Crippen LogP contribution in [0.5, 0.6) is 0 Å². The van der Waals surface area contributed by atoms with Crippen molar-refractivity contribution in [3.8, 4) is 0 Å². The summed E-state index contributed by atoms with van der Waals surface area (Å²) in [5.74, 6) is -1.04. The number of nitrogens with zero attached hydrogens (tertiary/aromatic N) is 1. The Morgan fingerprint density at radius 2 is 1.75 bits per heavy atom. The van der Waals surface area contributed by atoms with E-state index in [2.05, 4.69) is 10.3 Å². The van der Waals surface area contributed by atoms with Gasteiger partial charge in [0.2, 0.25) is 5.91 Å². The summed E-state index contributed by atoms with van der Waals surface area (Å²) in [6.07, 6.45) is 1.37. The molecule has 0 saturated carbocycles. The SMILES string of the molecule is CC(C)(C)c1ccc(S(=O)(=O)CC(=O)Nc2ccc(Cl)cn2)cc1. The van der Waals surface area contributed by atoms with Gasteiger partial charge < -0.3 is 5.32 Å². The number of rotatable bonds is 4. The van der Waals surface area contributed by atoms with Crippen LogP contribution in [0.15, 0.2) is 47.5 Å². The number of nitrogens with one attached hydrogen (secondary N) is 1. The molecule has 0 aliphatic rings. The molecule has 2 rings (SSSR count). The summed E-state index contributed by atoms with van der Waals surface area (Å²) in [5.41, 5.74) is 0.955. The molecule has 1 heterocycles. The first-order valence-corrected chi connectivity index (χ1v) is 9.36. The molecule has 0 atom stereocenters. The van der Waals surface area contributed by atoms with Crippen molar-refractivity contribution >= 4 is 33.2 Å². The Morgan fingerprint density at radius 1 is 1.12 bits per heavy atom. The molecule has 128 valence electrons. The minimum Gasteiger partial charge on any atom is -0.310 e. The topological polar surface area (TPSA) is 76.1 Å². The van der Waals surface area contributed by atoms with Crippen LogP contribution in [0.3, 0.4) is 0 Å². The van der Waals surface area contributed by atoms with E-state index in [1.165, 1.54) is 24.4 Å². The summed E-state index contributed by atoms with van der Waals surface area (Å²) in [7, 11) is -3.72. The number of carbonyl (C=O) groups excluding carboxylic acids is 1. The molecule has 24 heavy (non-hydrogen) atoms. The van der Waals surface area contributed by atoms with Crippen LogP contribution in [-0.4, -0.2) is 25.1 Å². The maximum absolute atomic E-state index is 12.3. The normalized spacial score (nSPS) is 12.0. The maximum Gasteiger partial charge on any atom is 0.241 e. The van der Waals surface area contributed by atoms with E-state index in [4.69, 9.17) is 11.6 Å². The van der Waals surface area contributed by atoms with Crippen LogP contribution in [0.25, 0.3) is 0 Å². The third kappa shape index (κ3) is 4.79. The Balaban J connectivity index is 2.10. The van der Waals surface area contributed by atoms with Gasteiger partial charge in [-0.1, -0.05) is 44.5 Å². The zero-order chi connectivity index (χ0) is 18.0. The highest BCUT2D eigenvalue weighted by atomic mass is 35.5. The number of benzene rings is 1. The standard InChI is InChI=1S/C17H19ClN2O3S/c1-17(2,3)12-4-7-14(8-5-12)24(22,23)11-16(21)20-15-9-6-13(18)10-19-15/h4-10H,11H2,1-3H3,(H,19,20,21). The maximum atomic E-state index is 12.3. The molecule has 1 aromatic heterocycles. The number of carbonyl (C=O) groups is 1. The zero-order valence-electron chi connectivity index (χ0n) is 13.7. The minimum absolute atomic E-state index is 0.0695. The highest BCUT2D eigenvalue weighted by molar-refractivity contribution is 7.92. The zero-order valence-corrected chi connectivity index (χ0v) is 15.3. The molecule has 0 saturated heterocycles. The average molecular weight is 367 g/mol. The van der Waals surface area contributed by atoms with Crippen LogP contribution in [0, 0.1) is 0 Å². The quantitative estimate of drug-likeness (QED) is 0.899. The van der Waals surface area contributed by atoms with Gasteiger partial charge in [-0.2, -0.15) is 0 Å². The van der Waals surface area contributed by atoms with E-state index in [0.29, 0.717) is 5.02 Å². The molecule has 0 aliphatic carbocycles. The van der Waals surface area contributed by atoms with Gasteiger partial charge in [0.1, 0.15) is 11.6 Å². The minimum atomic E-state index is -3.72. The predicted molar refractivity (Wildman–Crippen MR) is 95.1 cm³/mol. The van der Waals surface area contributed by atoms with Gasteiger partial charge in [-0.25, -0.2) is 13.4 Å². The summed E-state index contributed by atoms with van der Waals surface area (Å²) in [6, 6.07) is 9.67. The summed E-state index contributed by atoms with van der Waals surface area (Å²) in [5, 5.41) is 2.87. The van der Waals surface area contributed by atoms with Gasteiger partial charge >= 0.3 is 0 Å². The lowest BCUT2D eigenvalue weighted by Gasteiger charge is -2.19. The lowest BCUT2D eigenvalue weighted by Crippen LogP contribution is -2.23. The Hall–Kier alpha value is -1.92. The van der Waals surface area contributed by atoms with Gasteiger partial charge in [-0.3, -0.25) is 4.79 Å². The van der Waals surface area contributed by atoms with Crippen molar-refractivity contribution in [3.05, 3.63) is 53.2 Å². The number of aromatic nitrogens is 1. The molecule has 0 bridgehead atoms. The van der Waals surface area contributed by atoms with Crippen molar-refractivity contribution in [3.63, 3.8) is 0 Å². The highest BCUT2D eigenvalue weighted by Gasteiger charge is 2.21. The molecule has 7 heteroatoms. The van der Waals surface area contributed by atoms with E-state index in [1.807, 2.05) is 20.8 Å². The molecule has 0 fully saturated rings. The number of halogens is 1. The first kappa shape index (κ1) is 18.4. The van der Waals surface area contributed by atoms with Crippen molar-refractivity contribution in [2.75, 3.05) is 11.1 Å². The molecule has 5 nitrogen and oxygen atoms in total. The number of pyridine rings is 1. The second-order valence-electron chi connectivity index (χ2n) is 6.44. The third-order valence-electron chi connectivity index (χ3n) is 3.40. The number of anilines is 1. The van der Waals surface area contributed by atoms with E-state index < -0.39 is 21.5 Å². The first-order valence-electron chi connectivity index (χ1n) is 7.33. The lowest BCUT2D eigenvalue weighted by atomic mass is 9.87. The van der Waals surface area contributed by atoms with Gasteiger partial charge in [0, 0.05) is 6.20 Å². The molecule has 0 spiro atoms. The molecule has 0 aliphatic heterocycles. The van der Waals surface area contributed by atoms with Crippen LogP contribution in [0.2, 0.25) is 5.02 Å². The lowest BCUT2D eigenvalue weighted by molar-refractivity contribution is -0.113. The highest BCUT2D eigenvalue weighted by Crippen LogP contribution is 2.23. The van der Waals surface area contributed by atoms with Crippen molar-refractivity contribution in [1.29, 1.82) is 0 Å². The average Bonchev–Trinajstić information content (AvgIpc) is 2.48. The van der Waals surface area contributed by atoms with Crippen molar-refractivity contribution in [2.24, 2.45) is 0 Å². The number of hydrogen-bond donors (Lipinski definition) is 1. The van der Waals surface area contributed by atoms with E-state index in [9.17, 15) is 13.2 Å². The molecule has 0 unspecified atom stereocenters. The van der Waals surface area contributed by atoms with Gasteiger partial charge in [0.15, 0.2) is 9.84 Å². The summed E-state index contributed by atoms with van der Waals surface area (Å²) in [4.78, 5) is 16.0. The summed E-state index contributed by atoms with van der Waals surface area (Å²) >= 11 is 5.71. The van der Waals surface area contributed by atoms with Crippen LogP contribution in [-0.2, 0) is 20.0 Å². The monoisotopic (exact) mass is 366 g/mol. The Bertz CT molecular complexity index is 824. The van der Waals surface area contributed by atoms with Gasteiger partial charge in [0.25, 0.3) is 0 Å². The van der Waals surface area contributed by atoms with Gasteiger partial charge in [-0.15, -0.1) is 0 Å². The molecule has 1 N–H and O–H groups in total. The second-order valence-corrected chi connectivity index (χ2v) is 8.87. The van der Waals surface area contributed by atoms with E-state index in [0.717, 1.165) is 5.56 Å². The van der Waals surface area contributed by atoms with E-state index >= 15 is 0 Å². The van der Waals surface area contributed by atoms with Crippen molar-refractivity contribution in [2.45, 2.75) is 31.1 Å². The molecule has 1 aromatic carbocycles. The molecular formula is C17H19ClN2O3S. The summed E-state index contributed by atoms with van der Waals surface area (Å²) in [6.45, 7) is 6.13. The molecule has 1 amide bonds. The van der Waals surface area contributed by atoms with Crippen molar-refractivity contribution in [1.82, 2.24) is 4.98 Å². The fourth-order valence-electron chi connectivity index (χ4n) is 2.05. The number of sulfone groups is 1. The summed E-state index contributed by atoms with van der Waals surface area (Å²) < 4.78 is 24.7. The van der Waals surface area contributed by atoms with Gasteiger partial charge in [0.05, 0.1) is 9.92 Å². The Kier molecular flexibility index (Phi) is 5.30. The fourth-order valence-corrected chi connectivity index (χ4v) is 3.29. The predicted octanol–water partition coefficient (Wildman–Crippen LogP) is 3.44. The number of hydrogen-bond acceptors (Lipinski definition) is 4. The van der Waals surface area contributed by atoms with Crippen LogP contribution in [0.4, 0.5) is 5.82 Å². The third-order valence-corrected chi connectivity index (χ3v) is 5.25. The van der Waals surface area contributed by atoms with Crippen LogP contribution in [0.1, 0.15) is 26.3 Å². The number of amides is 1. The van der Waals surface area contributed by atoms with Crippen molar-refractivity contribution < 1.29 is 13.2 Å².